The zero-order valence-corrected chi connectivity index (χ0v) is 22.6. The molecular formula is C29H45F4NO3. The standard InChI is InChI=1S/C29H45F4NO3/c1-3-4-5-6-7-8-9-10-11-12-13-14-15-16-17-18-21-37-28(36)23(2)34-27(35)24-19-20-25(26(30)22-24)29(31,32)33/h19-20,22-23H,3-18,21H2,1-2H3,(H,34,35). The first-order valence-corrected chi connectivity index (χ1v) is 14.0. The third-order valence-corrected chi connectivity index (χ3v) is 6.48. The van der Waals surface area contributed by atoms with Gasteiger partial charge in [-0.15, -0.1) is 0 Å². The number of amides is 1. The van der Waals surface area contributed by atoms with Crippen LogP contribution in [0.1, 0.15) is 133 Å². The second kappa shape index (κ2) is 19.0. The Kier molecular flexibility index (Phi) is 16.9. The third-order valence-electron chi connectivity index (χ3n) is 6.48. The molecule has 0 saturated carbocycles. The molecule has 1 atom stereocenters. The van der Waals surface area contributed by atoms with Gasteiger partial charge in [0, 0.05) is 5.56 Å². The average Bonchev–Trinajstić information content (AvgIpc) is 2.84. The van der Waals surface area contributed by atoms with Crippen LogP contribution in [0.3, 0.4) is 0 Å². The van der Waals surface area contributed by atoms with E-state index in [-0.39, 0.29) is 12.2 Å². The quantitative estimate of drug-likeness (QED) is 0.104. The van der Waals surface area contributed by atoms with Crippen LogP contribution in [0.4, 0.5) is 17.6 Å². The molecule has 0 fully saturated rings. The van der Waals surface area contributed by atoms with E-state index in [1.54, 1.807) is 0 Å². The summed E-state index contributed by atoms with van der Waals surface area (Å²) in [5.41, 5.74) is -1.75. The van der Waals surface area contributed by atoms with Crippen molar-refractivity contribution in [1.29, 1.82) is 0 Å². The van der Waals surface area contributed by atoms with E-state index in [1.807, 2.05) is 0 Å². The number of halogens is 4. The summed E-state index contributed by atoms with van der Waals surface area (Å²) < 4.78 is 56.8. The van der Waals surface area contributed by atoms with Crippen LogP contribution in [-0.4, -0.2) is 24.5 Å². The number of rotatable bonds is 20. The lowest BCUT2D eigenvalue weighted by atomic mass is 10.0. The van der Waals surface area contributed by atoms with E-state index in [0.29, 0.717) is 12.1 Å². The van der Waals surface area contributed by atoms with E-state index >= 15 is 0 Å². The molecule has 212 valence electrons. The maximum absolute atomic E-state index is 13.7. The van der Waals surface area contributed by atoms with E-state index in [9.17, 15) is 27.2 Å². The molecule has 0 radical (unpaired) electrons. The first-order valence-electron chi connectivity index (χ1n) is 14.0. The number of benzene rings is 1. The predicted octanol–water partition coefficient (Wildman–Crippen LogP) is 8.77. The Bertz CT molecular complexity index is 783. The Hall–Kier alpha value is -2.12. The minimum Gasteiger partial charge on any atom is -0.464 e. The van der Waals surface area contributed by atoms with Crippen molar-refractivity contribution >= 4 is 11.9 Å². The number of alkyl halides is 3. The zero-order chi connectivity index (χ0) is 27.5. The first kappa shape index (κ1) is 32.9. The van der Waals surface area contributed by atoms with Crippen LogP contribution in [0.2, 0.25) is 0 Å². The van der Waals surface area contributed by atoms with Crippen molar-refractivity contribution < 1.29 is 31.9 Å². The van der Waals surface area contributed by atoms with Crippen molar-refractivity contribution in [2.45, 2.75) is 129 Å². The lowest BCUT2D eigenvalue weighted by Crippen LogP contribution is -2.39. The molecule has 0 aliphatic heterocycles. The molecule has 1 aromatic carbocycles. The highest BCUT2D eigenvalue weighted by atomic mass is 19.4. The molecule has 0 saturated heterocycles. The normalized spacial score (nSPS) is 12.4. The van der Waals surface area contributed by atoms with Crippen molar-refractivity contribution in [2.75, 3.05) is 6.61 Å². The number of hydrogen-bond acceptors (Lipinski definition) is 3. The molecule has 1 rings (SSSR count). The predicted molar refractivity (Wildman–Crippen MR) is 139 cm³/mol. The smallest absolute Gasteiger partial charge is 0.419 e. The van der Waals surface area contributed by atoms with Crippen LogP contribution in [0, 0.1) is 5.82 Å². The van der Waals surface area contributed by atoms with Crippen molar-refractivity contribution in [3.8, 4) is 0 Å². The highest BCUT2D eigenvalue weighted by molar-refractivity contribution is 5.96. The molecule has 0 bridgehead atoms. The van der Waals surface area contributed by atoms with Crippen LogP contribution < -0.4 is 5.32 Å². The summed E-state index contributed by atoms with van der Waals surface area (Å²) in [6.45, 7) is 3.90. The summed E-state index contributed by atoms with van der Waals surface area (Å²) >= 11 is 0. The molecule has 0 spiro atoms. The van der Waals surface area contributed by atoms with E-state index in [2.05, 4.69) is 12.2 Å². The largest absolute Gasteiger partial charge is 0.464 e. The number of esters is 1. The van der Waals surface area contributed by atoms with Gasteiger partial charge >= 0.3 is 12.1 Å². The number of carbonyl (C=O) groups is 2. The summed E-state index contributed by atoms with van der Waals surface area (Å²) in [6.07, 6.45) is 15.1. The van der Waals surface area contributed by atoms with Crippen LogP contribution in [-0.2, 0) is 15.7 Å². The van der Waals surface area contributed by atoms with Crippen LogP contribution in [0.5, 0.6) is 0 Å². The van der Waals surface area contributed by atoms with Crippen LogP contribution >= 0.6 is 0 Å². The minimum atomic E-state index is -4.84. The molecule has 0 aliphatic carbocycles. The number of carbonyl (C=O) groups excluding carboxylic acids is 2. The van der Waals surface area contributed by atoms with Gasteiger partial charge in [0.05, 0.1) is 12.2 Å². The first-order chi connectivity index (χ1) is 17.7. The molecule has 0 heterocycles. The molecule has 1 aromatic rings. The molecule has 4 nitrogen and oxygen atoms in total. The maximum Gasteiger partial charge on any atom is 0.419 e. The molecule has 1 N–H and O–H groups in total. The Balaban J connectivity index is 2.04. The number of nitrogens with one attached hydrogen (secondary N) is 1. The number of hydrogen-bond donors (Lipinski definition) is 1. The Labute approximate surface area is 219 Å². The van der Waals surface area contributed by atoms with Gasteiger partial charge < -0.3 is 10.1 Å². The molecule has 37 heavy (non-hydrogen) atoms. The Morgan fingerprint density at radius 1 is 0.811 bits per heavy atom. The second-order valence-electron chi connectivity index (χ2n) is 9.86. The molecule has 0 aliphatic rings. The minimum absolute atomic E-state index is 0.242. The molecular weight excluding hydrogens is 486 g/mol. The monoisotopic (exact) mass is 531 g/mol. The molecule has 1 unspecified atom stereocenters. The van der Waals surface area contributed by atoms with Crippen molar-refractivity contribution in [3.05, 3.63) is 35.1 Å². The van der Waals surface area contributed by atoms with Crippen molar-refractivity contribution in [2.24, 2.45) is 0 Å². The summed E-state index contributed by atoms with van der Waals surface area (Å²) in [5.74, 6) is -3.03. The van der Waals surface area contributed by atoms with Gasteiger partial charge in [-0.05, 0) is 31.5 Å². The van der Waals surface area contributed by atoms with Gasteiger partial charge in [-0.2, -0.15) is 13.2 Å². The average molecular weight is 532 g/mol. The van der Waals surface area contributed by atoms with Gasteiger partial charge in [0.2, 0.25) is 0 Å². The van der Waals surface area contributed by atoms with Gasteiger partial charge in [0.15, 0.2) is 0 Å². The molecule has 1 amide bonds. The van der Waals surface area contributed by atoms with Gasteiger partial charge in [-0.25, -0.2) is 9.18 Å². The van der Waals surface area contributed by atoms with E-state index in [0.717, 1.165) is 25.3 Å². The number of ether oxygens (including phenoxy) is 1. The van der Waals surface area contributed by atoms with Gasteiger partial charge in [0.1, 0.15) is 11.9 Å². The van der Waals surface area contributed by atoms with Gasteiger partial charge in [0.25, 0.3) is 5.91 Å². The molecule has 0 aromatic heterocycles. The Morgan fingerprint density at radius 2 is 1.27 bits per heavy atom. The van der Waals surface area contributed by atoms with E-state index in [1.165, 1.54) is 90.4 Å². The van der Waals surface area contributed by atoms with Crippen LogP contribution in [0.25, 0.3) is 0 Å². The highest BCUT2D eigenvalue weighted by Gasteiger charge is 2.34. The van der Waals surface area contributed by atoms with Crippen LogP contribution in [0.15, 0.2) is 18.2 Å². The summed E-state index contributed by atoms with van der Waals surface area (Å²) in [5, 5.41) is 2.33. The maximum atomic E-state index is 13.7. The van der Waals surface area contributed by atoms with E-state index < -0.39 is 35.5 Å². The topological polar surface area (TPSA) is 55.4 Å². The van der Waals surface area contributed by atoms with Gasteiger partial charge in [-0.1, -0.05) is 103 Å². The van der Waals surface area contributed by atoms with E-state index in [4.69, 9.17) is 4.74 Å². The van der Waals surface area contributed by atoms with Crippen molar-refractivity contribution in [1.82, 2.24) is 5.32 Å². The lowest BCUT2D eigenvalue weighted by molar-refractivity contribution is -0.145. The van der Waals surface area contributed by atoms with Gasteiger partial charge in [-0.3, -0.25) is 4.79 Å². The fourth-order valence-electron chi connectivity index (χ4n) is 4.17. The fraction of sp³-hybridized carbons (Fsp3) is 0.724. The SMILES string of the molecule is CCCCCCCCCCCCCCCCCCOC(=O)C(C)NC(=O)c1ccc(C(F)(F)F)c(F)c1. The second-order valence-corrected chi connectivity index (χ2v) is 9.86. The Morgan fingerprint density at radius 3 is 1.70 bits per heavy atom. The third kappa shape index (κ3) is 15.0. The van der Waals surface area contributed by atoms with Crippen molar-refractivity contribution in [3.63, 3.8) is 0 Å². The molecule has 8 heteroatoms. The number of unbranched alkanes of at least 4 members (excludes halogenated alkanes) is 15. The highest BCUT2D eigenvalue weighted by Crippen LogP contribution is 2.31. The lowest BCUT2D eigenvalue weighted by Gasteiger charge is -2.14. The fourth-order valence-corrected chi connectivity index (χ4v) is 4.17. The summed E-state index contributed by atoms with van der Waals surface area (Å²) in [4.78, 5) is 24.2. The summed E-state index contributed by atoms with van der Waals surface area (Å²) in [6, 6.07) is 0.881. The summed E-state index contributed by atoms with van der Waals surface area (Å²) in [7, 11) is 0. The zero-order valence-electron chi connectivity index (χ0n) is 22.6.